The second-order valence-electron chi connectivity index (χ2n) is 4.03. The fourth-order valence-electron chi connectivity index (χ4n) is 1.49. The Morgan fingerprint density at radius 2 is 1.85 bits per heavy atom. The molecule has 0 aliphatic carbocycles. The molecule has 0 fully saturated rings. The molecule has 0 atom stereocenters. The summed E-state index contributed by atoms with van der Waals surface area (Å²) in [6, 6.07) is 9.38. The Labute approximate surface area is 114 Å². The number of carbonyl (C=O) groups excluding carboxylic acids is 1. The van der Waals surface area contributed by atoms with E-state index >= 15 is 0 Å². The number of hydrogen-bond donors (Lipinski definition) is 2. The van der Waals surface area contributed by atoms with Crippen molar-refractivity contribution >= 4 is 17.3 Å². The topological polar surface area (TPSA) is 64.3 Å². The second-order valence-corrected chi connectivity index (χ2v) is 4.03. The maximum absolute atomic E-state index is 13.3. The number of carbonyl (C=O) groups is 1. The van der Waals surface area contributed by atoms with Crippen LogP contribution >= 0.6 is 0 Å². The van der Waals surface area contributed by atoms with Crippen LogP contribution in [0.5, 0.6) is 5.75 Å². The van der Waals surface area contributed by atoms with Gasteiger partial charge in [0.25, 0.3) is 5.91 Å². The zero-order chi connectivity index (χ0) is 14.5. The van der Waals surface area contributed by atoms with Crippen LogP contribution in [-0.2, 0) is 4.79 Å². The third-order valence-electron chi connectivity index (χ3n) is 2.46. The van der Waals surface area contributed by atoms with Gasteiger partial charge in [-0.25, -0.2) is 8.78 Å². The molecule has 0 aromatic heterocycles. The van der Waals surface area contributed by atoms with Crippen LogP contribution in [0.2, 0.25) is 0 Å². The van der Waals surface area contributed by atoms with Gasteiger partial charge in [0.05, 0.1) is 5.69 Å². The fraction of sp³-hybridized carbons (Fsp3) is 0.0714. The smallest absolute Gasteiger partial charge is 0.262 e. The lowest BCUT2D eigenvalue weighted by molar-refractivity contribution is -0.118. The highest BCUT2D eigenvalue weighted by Gasteiger charge is 2.08. The number of hydrogen-bond acceptors (Lipinski definition) is 3. The molecule has 0 heterocycles. The molecule has 4 nitrogen and oxygen atoms in total. The van der Waals surface area contributed by atoms with E-state index in [2.05, 4.69) is 5.32 Å². The molecule has 2 aromatic carbocycles. The summed E-state index contributed by atoms with van der Waals surface area (Å²) in [5, 5.41) is 2.29. The number of benzene rings is 2. The first-order valence-corrected chi connectivity index (χ1v) is 5.78. The van der Waals surface area contributed by atoms with Crippen LogP contribution in [0, 0.1) is 11.6 Å². The normalized spacial score (nSPS) is 10.1. The average Bonchev–Trinajstić information content (AvgIpc) is 2.41. The van der Waals surface area contributed by atoms with Crippen LogP contribution < -0.4 is 15.8 Å². The van der Waals surface area contributed by atoms with Gasteiger partial charge in [-0.05, 0) is 36.4 Å². The number of rotatable bonds is 4. The summed E-state index contributed by atoms with van der Waals surface area (Å²) < 4.78 is 31.2. The second kappa shape index (κ2) is 6.01. The molecule has 104 valence electrons. The van der Waals surface area contributed by atoms with Crippen LogP contribution in [0.4, 0.5) is 20.2 Å². The number of halogens is 2. The van der Waals surface area contributed by atoms with Crippen LogP contribution in [0.15, 0.2) is 42.5 Å². The molecule has 1 amide bonds. The van der Waals surface area contributed by atoms with E-state index in [4.69, 9.17) is 10.5 Å². The summed E-state index contributed by atoms with van der Waals surface area (Å²) in [7, 11) is 0. The van der Waals surface area contributed by atoms with E-state index in [1.54, 1.807) is 24.3 Å². The van der Waals surface area contributed by atoms with Crippen LogP contribution in [0.1, 0.15) is 0 Å². The quantitative estimate of drug-likeness (QED) is 0.845. The van der Waals surface area contributed by atoms with Gasteiger partial charge in [0.2, 0.25) is 0 Å². The van der Waals surface area contributed by atoms with Crippen molar-refractivity contribution in [2.75, 3.05) is 17.7 Å². The Kier molecular flexibility index (Phi) is 4.14. The van der Waals surface area contributed by atoms with Crippen LogP contribution in [0.25, 0.3) is 0 Å². The van der Waals surface area contributed by atoms with E-state index in [0.29, 0.717) is 17.5 Å². The van der Waals surface area contributed by atoms with Crippen molar-refractivity contribution in [2.24, 2.45) is 0 Å². The van der Waals surface area contributed by atoms with Crippen molar-refractivity contribution in [3.8, 4) is 5.75 Å². The number of anilines is 2. The Hall–Kier alpha value is -2.63. The monoisotopic (exact) mass is 278 g/mol. The average molecular weight is 278 g/mol. The van der Waals surface area contributed by atoms with Crippen molar-refractivity contribution in [3.05, 3.63) is 54.1 Å². The summed E-state index contributed by atoms with van der Waals surface area (Å²) in [4.78, 5) is 11.6. The molecule has 0 saturated carbocycles. The van der Waals surface area contributed by atoms with Crippen molar-refractivity contribution < 1.29 is 18.3 Å². The van der Waals surface area contributed by atoms with Crippen molar-refractivity contribution in [2.45, 2.75) is 0 Å². The molecule has 0 saturated heterocycles. The molecule has 2 rings (SSSR count). The SMILES string of the molecule is Nc1ccc(OCC(=O)Nc2ccc(F)cc2F)cc1. The van der Waals surface area contributed by atoms with E-state index in [1.807, 2.05) is 0 Å². The van der Waals surface area contributed by atoms with Gasteiger partial charge >= 0.3 is 0 Å². The Bertz CT molecular complexity index is 615. The molecule has 0 aliphatic rings. The van der Waals surface area contributed by atoms with E-state index < -0.39 is 17.5 Å². The van der Waals surface area contributed by atoms with E-state index in [9.17, 15) is 13.6 Å². The van der Waals surface area contributed by atoms with Crippen molar-refractivity contribution in [1.29, 1.82) is 0 Å². The highest BCUT2D eigenvalue weighted by atomic mass is 19.1. The zero-order valence-electron chi connectivity index (χ0n) is 10.4. The van der Waals surface area contributed by atoms with Gasteiger partial charge in [-0.15, -0.1) is 0 Å². The largest absolute Gasteiger partial charge is 0.484 e. The minimum Gasteiger partial charge on any atom is -0.484 e. The molecule has 0 spiro atoms. The Morgan fingerprint density at radius 1 is 1.15 bits per heavy atom. The number of nitrogen functional groups attached to an aromatic ring is 1. The lowest BCUT2D eigenvalue weighted by Crippen LogP contribution is -2.20. The first kappa shape index (κ1) is 13.8. The summed E-state index contributed by atoms with van der Waals surface area (Å²) in [6.45, 7) is -0.291. The standard InChI is InChI=1S/C14H12F2N2O2/c15-9-1-6-13(12(16)7-9)18-14(19)8-20-11-4-2-10(17)3-5-11/h1-7H,8,17H2,(H,18,19). The van der Waals surface area contributed by atoms with Crippen molar-refractivity contribution in [3.63, 3.8) is 0 Å². The molecule has 6 heteroatoms. The molecule has 0 radical (unpaired) electrons. The van der Waals surface area contributed by atoms with E-state index in [-0.39, 0.29) is 12.3 Å². The highest BCUT2D eigenvalue weighted by molar-refractivity contribution is 5.91. The van der Waals surface area contributed by atoms with Gasteiger partial charge in [0.15, 0.2) is 6.61 Å². The summed E-state index contributed by atoms with van der Waals surface area (Å²) in [6.07, 6.45) is 0. The summed E-state index contributed by atoms with van der Waals surface area (Å²) in [5.74, 6) is -1.63. The lowest BCUT2D eigenvalue weighted by atomic mass is 10.3. The van der Waals surface area contributed by atoms with Gasteiger partial charge in [0, 0.05) is 11.8 Å². The first-order chi connectivity index (χ1) is 9.54. The maximum Gasteiger partial charge on any atom is 0.262 e. The van der Waals surface area contributed by atoms with Gasteiger partial charge in [-0.2, -0.15) is 0 Å². The third kappa shape index (κ3) is 3.68. The predicted molar refractivity (Wildman–Crippen MR) is 71.3 cm³/mol. The van der Waals surface area contributed by atoms with Gasteiger partial charge in [-0.3, -0.25) is 4.79 Å². The van der Waals surface area contributed by atoms with Gasteiger partial charge in [0.1, 0.15) is 17.4 Å². The zero-order valence-corrected chi connectivity index (χ0v) is 10.4. The molecule has 2 aromatic rings. The Morgan fingerprint density at radius 3 is 2.50 bits per heavy atom. The van der Waals surface area contributed by atoms with Crippen molar-refractivity contribution in [1.82, 2.24) is 0 Å². The van der Waals surface area contributed by atoms with Crippen LogP contribution in [0.3, 0.4) is 0 Å². The predicted octanol–water partition coefficient (Wildman–Crippen LogP) is 2.56. The molecule has 3 N–H and O–H groups in total. The number of ether oxygens (including phenoxy) is 1. The van der Waals surface area contributed by atoms with Gasteiger partial charge in [-0.1, -0.05) is 0 Å². The molecule has 0 unspecified atom stereocenters. The van der Waals surface area contributed by atoms with Crippen LogP contribution in [-0.4, -0.2) is 12.5 Å². The first-order valence-electron chi connectivity index (χ1n) is 5.78. The minimum absolute atomic E-state index is 0.0997. The molecular weight excluding hydrogens is 266 g/mol. The number of nitrogens with two attached hydrogens (primary N) is 1. The third-order valence-corrected chi connectivity index (χ3v) is 2.46. The van der Waals surface area contributed by atoms with Gasteiger partial charge < -0.3 is 15.8 Å². The van der Waals surface area contributed by atoms with E-state index in [1.165, 1.54) is 0 Å². The summed E-state index contributed by atoms with van der Waals surface area (Å²) >= 11 is 0. The number of nitrogens with one attached hydrogen (secondary N) is 1. The molecule has 20 heavy (non-hydrogen) atoms. The molecular formula is C14H12F2N2O2. The summed E-state index contributed by atoms with van der Waals surface area (Å²) in [5.41, 5.74) is 5.99. The lowest BCUT2D eigenvalue weighted by Gasteiger charge is -2.08. The molecule has 0 bridgehead atoms. The maximum atomic E-state index is 13.3. The Balaban J connectivity index is 1.90. The fourth-order valence-corrected chi connectivity index (χ4v) is 1.49. The number of amides is 1. The minimum atomic E-state index is -0.842. The molecule has 0 aliphatic heterocycles. The highest BCUT2D eigenvalue weighted by Crippen LogP contribution is 2.16. The van der Waals surface area contributed by atoms with E-state index in [0.717, 1.165) is 12.1 Å².